The average Bonchev–Trinajstić information content (AvgIpc) is 2.89. The van der Waals surface area contributed by atoms with Gasteiger partial charge in [-0.25, -0.2) is 8.78 Å². The van der Waals surface area contributed by atoms with Gasteiger partial charge in [-0.05, 0) is 29.9 Å². The fourth-order valence-corrected chi connectivity index (χ4v) is 4.19. The van der Waals surface area contributed by atoms with E-state index < -0.39 is 11.6 Å². The van der Waals surface area contributed by atoms with Crippen molar-refractivity contribution in [3.8, 4) is 22.6 Å². The molecule has 4 N–H and O–H groups in total. The monoisotopic (exact) mass is 543 g/mol. The van der Waals surface area contributed by atoms with Gasteiger partial charge in [0.1, 0.15) is 30.4 Å². The van der Waals surface area contributed by atoms with Gasteiger partial charge in [0.15, 0.2) is 11.6 Å². The molecule has 190 valence electrons. The summed E-state index contributed by atoms with van der Waals surface area (Å²) in [6.07, 6.45) is 4.72. The van der Waals surface area contributed by atoms with Gasteiger partial charge in [0, 0.05) is 34.9 Å². The van der Waals surface area contributed by atoms with Crippen molar-refractivity contribution in [1.29, 1.82) is 5.41 Å². The molecule has 0 amide bonds. The molecule has 0 aromatic heterocycles. The molecule has 6 nitrogen and oxygen atoms in total. The second-order valence-electron chi connectivity index (χ2n) is 8.00. The van der Waals surface area contributed by atoms with Crippen molar-refractivity contribution in [2.45, 2.75) is 13.2 Å². The van der Waals surface area contributed by atoms with Crippen molar-refractivity contribution in [1.82, 2.24) is 0 Å². The molecule has 0 saturated carbocycles. The summed E-state index contributed by atoms with van der Waals surface area (Å²) in [5, 5.41) is 20.3. The SMILES string of the molecule is N=C1C=C(COc2cc(OCc3cccc(-c4cccc(F)c4F)c3Cl)c(Cl)cc2CN)C=C/C1=N/O. The number of ether oxygens (including phenoxy) is 2. The Hall–Kier alpha value is -3.72. The fraction of sp³-hybridized carbons (Fsp3) is 0.111. The van der Waals surface area contributed by atoms with Crippen molar-refractivity contribution in [3.63, 3.8) is 0 Å². The predicted octanol–water partition coefficient (Wildman–Crippen LogP) is 6.70. The van der Waals surface area contributed by atoms with Gasteiger partial charge >= 0.3 is 0 Å². The summed E-state index contributed by atoms with van der Waals surface area (Å²) in [6, 6.07) is 12.1. The van der Waals surface area contributed by atoms with Crippen LogP contribution in [-0.2, 0) is 13.2 Å². The third kappa shape index (κ3) is 5.83. The molecule has 0 unspecified atom stereocenters. The van der Waals surface area contributed by atoms with E-state index in [0.717, 1.165) is 6.07 Å². The van der Waals surface area contributed by atoms with E-state index >= 15 is 0 Å². The van der Waals surface area contributed by atoms with Crippen molar-refractivity contribution in [2.75, 3.05) is 6.61 Å². The zero-order valence-electron chi connectivity index (χ0n) is 19.3. The first kappa shape index (κ1) is 26.3. The molecule has 1 aliphatic rings. The molecular formula is C27H21Cl2F2N3O3. The first-order chi connectivity index (χ1) is 17.8. The number of oxime groups is 1. The third-order valence-corrected chi connectivity index (χ3v) is 6.34. The highest BCUT2D eigenvalue weighted by atomic mass is 35.5. The number of rotatable bonds is 8. The van der Waals surface area contributed by atoms with Crippen LogP contribution in [0.4, 0.5) is 8.78 Å². The molecular weight excluding hydrogens is 523 g/mol. The largest absolute Gasteiger partial charge is 0.488 e. The lowest BCUT2D eigenvalue weighted by molar-refractivity contribution is 0.301. The highest BCUT2D eigenvalue weighted by Crippen LogP contribution is 2.36. The lowest BCUT2D eigenvalue weighted by Gasteiger charge is -2.17. The lowest BCUT2D eigenvalue weighted by atomic mass is 10.0. The summed E-state index contributed by atoms with van der Waals surface area (Å²) < 4.78 is 39.9. The highest BCUT2D eigenvalue weighted by Gasteiger charge is 2.17. The van der Waals surface area contributed by atoms with Crippen LogP contribution in [0.25, 0.3) is 11.1 Å². The number of halogens is 4. The van der Waals surface area contributed by atoms with Gasteiger partial charge < -0.3 is 20.4 Å². The van der Waals surface area contributed by atoms with E-state index in [2.05, 4.69) is 5.16 Å². The molecule has 1 aliphatic carbocycles. The van der Waals surface area contributed by atoms with Gasteiger partial charge in [-0.2, -0.15) is 0 Å². The first-order valence-corrected chi connectivity index (χ1v) is 11.8. The second kappa shape index (κ2) is 11.6. The molecule has 0 radical (unpaired) electrons. The van der Waals surface area contributed by atoms with Crippen LogP contribution in [-0.4, -0.2) is 23.2 Å². The Morgan fingerprint density at radius 1 is 0.919 bits per heavy atom. The maximum absolute atomic E-state index is 14.3. The Labute approximate surface area is 221 Å². The summed E-state index contributed by atoms with van der Waals surface area (Å²) in [4.78, 5) is 0. The minimum absolute atomic E-state index is 0.000928. The zero-order chi connectivity index (χ0) is 26.5. The second-order valence-corrected chi connectivity index (χ2v) is 8.79. The van der Waals surface area contributed by atoms with Crippen LogP contribution >= 0.6 is 23.2 Å². The van der Waals surface area contributed by atoms with Crippen molar-refractivity contribution in [2.24, 2.45) is 10.9 Å². The molecule has 0 aliphatic heterocycles. The van der Waals surface area contributed by atoms with Crippen LogP contribution in [0, 0.1) is 17.0 Å². The maximum Gasteiger partial charge on any atom is 0.166 e. The van der Waals surface area contributed by atoms with E-state index in [0.29, 0.717) is 38.8 Å². The molecule has 0 atom stereocenters. The normalized spacial score (nSPS) is 14.1. The van der Waals surface area contributed by atoms with Crippen LogP contribution in [0.15, 0.2) is 77.5 Å². The number of nitrogens with zero attached hydrogens (tertiary/aromatic N) is 1. The Kier molecular flexibility index (Phi) is 8.23. The lowest BCUT2D eigenvalue weighted by Crippen LogP contribution is -2.14. The molecule has 0 heterocycles. The van der Waals surface area contributed by atoms with Crippen LogP contribution in [0.3, 0.4) is 0 Å². The van der Waals surface area contributed by atoms with E-state index in [1.165, 1.54) is 24.3 Å². The van der Waals surface area contributed by atoms with Crippen LogP contribution in [0.5, 0.6) is 11.5 Å². The van der Waals surface area contributed by atoms with Crippen LogP contribution < -0.4 is 15.2 Å². The van der Waals surface area contributed by atoms with Crippen molar-refractivity contribution >= 4 is 34.6 Å². The van der Waals surface area contributed by atoms with Gasteiger partial charge in [-0.15, -0.1) is 0 Å². The summed E-state index contributed by atoms with van der Waals surface area (Å²) in [7, 11) is 0. The Bertz CT molecular complexity index is 1460. The van der Waals surface area contributed by atoms with E-state index in [4.69, 9.17) is 49.0 Å². The molecule has 4 rings (SSSR count). The molecule has 10 heteroatoms. The summed E-state index contributed by atoms with van der Waals surface area (Å²) >= 11 is 12.9. The molecule has 0 spiro atoms. The van der Waals surface area contributed by atoms with Gasteiger partial charge in [0.2, 0.25) is 0 Å². The molecule has 37 heavy (non-hydrogen) atoms. The van der Waals surface area contributed by atoms with Crippen molar-refractivity contribution < 1.29 is 23.5 Å². The number of hydrogen-bond donors (Lipinski definition) is 3. The van der Waals surface area contributed by atoms with Crippen LogP contribution in [0.2, 0.25) is 10.0 Å². The van der Waals surface area contributed by atoms with E-state index in [-0.39, 0.29) is 41.8 Å². The summed E-state index contributed by atoms with van der Waals surface area (Å²) in [5.74, 6) is -1.20. The van der Waals surface area contributed by atoms with Gasteiger partial charge in [-0.3, -0.25) is 5.41 Å². The molecule has 0 saturated heterocycles. The van der Waals surface area contributed by atoms with E-state index in [9.17, 15) is 8.78 Å². The van der Waals surface area contributed by atoms with E-state index in [1.54, 1.807) is 36.4 Å². The molecule has 0 bridgehead atoms. The van der Waals surface area contributed by atoms with Crippen LogP contribution in [0.1, 0.15) is 11.1 Å². The summed E-state index contributed by atoms with van der Waals surface area (Å²) in [5.41, 5.74) is 8.32. The van der Waals surface area contributed by atoms with Gasteiger partial charge in [0.05, 0.1) is 15.8 Å². The average molecular weight is 544 g/mol. The summed E-state index contributed by atoms with van der Waals surface area (Å²) in [6.45, 7) is 0.284. The number of benzene rings is 3. The highest BCUT2D eigenvalue weighted by molar-refractivity contribution is 6.50. The van der Waals surface area contributed by atoms with Gasteiger partial charge in [0.25, 0.3) is 0 Å². The fourth-order valence-electron chi connectivity index (χ4n) is 3.67. The number of hydrogen-bond acceptors (Lipinski definition) is 6. The number of nitrogens with one attached hydrogen (secondary N) is 1. The van der Waals surface area contributed by atoms with Crippen molar-refractivity contribution in [3.05, 3.63) is 105 Å². The maximum atomic E-state index is 14.3. The standard InChI is InChI=1S/C27H21Cl2F2N3O3/c28-20-10-17(12-32)24(36-13-15-7-8-23(34-35)22(33)9-15)11-25(20)37-14-16-3-1-4-18(26(16)29)19-5-2-6-21(30)27(19)31/h1-11,33,35H,12-14,32H2/b33-22?,34-23-. The zero-order valence-corrected chi connectivity index (χ0v) is 20.8. The van der Waals surface area contributed by atoms with E-state index in [1.807, 2.05) is 0 Å². The quantitative estimate of drug-likeness (QED) is 0.167. The number of allylic oxidation sites excluding steroid dienone is 2. The molecule has 3 aromatic rings. The minimum atomic E-state index is -0.984. The Morgan fingerprint density at radius 3 is 2.38 bits per heavy atom. The number of nitrogens with two attached hydrogens (primary N) is 1. The van der Waals surface area contributed by atoms with Gasteiger partial charge in [-0.1, -0.05) is 64.8 Å². The molecule has 0 fully saturated rings. The minimum Gasteiger partial charge on any atom is -0.488 e. The third-order valence-electron chi connectivity index (χ3n) is 5.60. The Morgan fingerprint density at radius 2 is 1.65 bits per heavy atom. The molecule has 3 aromatic carbocycles. The Balaban J connectivity index is 1.53. The first-order valence-electron chi connectivity index (χ1n) is 11.0. The smallest absolute Gasteiger partial charge is 0.166 e. The topological polar surface area (TPSA) is 101 Å². The predicted molar refractivity (Wildman–Crippen MR) is 140 cm³/mol.